The van der Waals surface area contributed by atoms with E-state index in [9.17, 15) is 17.6 Å². The Balaban J connectivity index is 2.14. The van der Waals surface area contributed by atoms with E-state index in [1.165, 1.54) is 37.4 Å². The lowest BCUT2D eigenvalue weighted by Gasteiger charge is -2.18. The molecule has 1 heterocycles. The number of halogens is 1. The lowest BCUT2D eigenvalue weighted by molar-refractivity contribution is -0.125. The van der Waals surface area contributed by atoms with Gasteiger partial charge in [-0.3, -0.25) is 4.79 Å². The van der Waals surface area contributed by atoms with E-state index in [-0.39, 0.29) is 16.3 Å². The zero-order valence-corrected chi connectivity index (χ0v) is 15.4. The molecule has 2 aromatic carbocycles. The first-order chi connectivity index (χ1) is 12.2. The molecule has 0 saturated heterocycles. The van der Waals surface area contributed by atoms with Gasteiger partial charge in [-0.15, -0.1) is 0 Å². The Labute approximate surface area is 151 Å². The van der Waals surface area contributed by atoms with Crippen LogP contribution in [0.4, 0.5) is 4.39 Å². The van der Waals surface area contributed by atoms with E-state index in [0.29, 0.717) is 16.9 Å². The average Bonchev–Trinajstić information content (AvgIpc) is 2.85. The van der Waals surface area contributed by atoms with Gasteiger partial charge in [-0.1, -0.05) is 12.1 Å². The second kappa shape index (κ2) is 6.34. The van der Waals surface area contributed by atoms with E-state index in [0.717, 1.165) is 0 Å². The van der Waals surface area contributed by atoms with E-state index in [1.54, 1.807) is 32.0 Å². The van der Waals surface area contributed by atoms with E-state index in [4.69, 9.17) is 4.74 Å². The summed E-state index contributed by atoms with van der Waals surface area (Å²) in [5.41, 5.74) is 0.145. The van der Waals surface area contributed by atoms with Gasteiger partial charge < -0.3 is 4.74 Å². The number of carbonyl (C=O) groups excluding carboxylic acids is 1. The van der Waals surface area contributed by atoms with Crippen LogP contribution in [0.5, 0.6) is 0 Å². The second-order valence-electron chi connectivity index (χ2n) is 6.39. The maximum Gasteiger partial charge on any atom is 0.240 e. The number of ketones is 1. The summed E-state index contributed by atoms with van der Waals surface area (Å²) in [6, 6.07) is 11.7. The van der Waals surface area contributed by atoms with Gasteiger partial charge in [0.1, 0.15) is 11.6 Å². The standard InChI is InChI=1S/C19H18FNO4S/c1-19(2)18(22)16(13-5-4-6-14(20)11-13)17(25-19)12-7-9-15(10-8-12)26(23,24)21-3/h4-11,21H,1-3H3. The van der Waals surface area contributed by atoms with E-state index >= 15 is 0 Å². The summed E-state index contributed by atoms with van der Waals surface area (Å²) in [6.45, 7) is 3.28. The number of Topliss-reactive ketones (excluding diaryl/α,β-unsaturated/α-hetero) is 1. The Bertz CT molecular complexity index is 1010. The van der Waals surface area contributed by atoms with E-state index in [2.05, 4.69) is 4.72 Å². The Morgan fingerprint density at radius 1 is 1.04 bits per heavy atom. The molecule has 0 aromatic heterocycles. The third-order valence-corrected chi connectivity index (χ3v) is 5.60. The molecule has 0 amide bonds. The number of benzene rings is 2. The summed E-state index contributed by atoms with van der Waals surface area (Å²) in [5.74, 6) is -0.411. The molecule has 136 valence electrons. The van der Waals surface area contributed by atoms with Crippen LogP contribution in [-0.4, -0.2) is 26.8 Å². The summed E-state index contributed by atoms with van der Waals surface area (Å²) in [6.07, 6.45) is 0. The fourth-order valence-corrected chi connectivity index (χ4v) is 3.50. The van der Waals surface area contributed by atoms with Crippen LogP contribution in [-0.2, 0) is 19.6 Å². The van der Waals surface area contributed by atoms with Crippen molar-refractivity contribution in [2.45, 2.75) is 24.3 Å². The summed E-state index contributed by atoms with van der Waals surface area (Å²) in [4.78, 5) is 12.9. The van der Waals surface area contributed by atoms with Crippen molar-refractivity contribution in [1.29, 1.82) is 0 Å². The van der Waals surface area contributed by atoms with Crippen LogP contribution in [0.2, 0.25) is 0 Å². The molecule has 3 rings (SSSR count). The van der Waals surface area contributed by atoms with Crippen LogP contribution in [0.15, 0.2) is 53.4 Å². The maximum absolute atomic E-state index is 13.6. The molecular weight excluding hydrogens is 357 g/mol. The molecule has 0 fully saturated rings. The molecule has 1 aliphatic heterocycles. The van der Waals surface area contributed by atoms with Gasteiger partial charge >= 0.3 is 0 Å². The fourth-order valence-electron chi connectivity index (χ4n) is 2.77. The summed E-state index contributed by atoms with van der Waals surface area (Å²) in [5, 5.41) is 0. The molecule has 0 spiro atoms. The first-order valence-corrected chi connectivity index (χ1v) is 9.42. The summed E-state index contributed by atoms with van der Waals surface area (Å²) in [7, 11) is -2.24. The highest BCUT2D eigenvalue weighted by Crippen LogP contribution is 2.41. The topological polar surface area (TPSA) is 72.5 Å². The molecule has 0 bridgehead atoms. The number of nitrogens with one attached hydrogen (secondary N) is 1. The molecule has 0 unspecified atom stereocenters. The predicted molar refractivity (Wildman–Crippen MR) is 96.1 cm³/mol. The van der Waals surface area contributed by atoms with Crippen LogP contribution in [0.1, 0.15) is 25.0 Å². The molecule has 7 heteroatoms. The normalized spacial score (nSPS) is 16.7. The van der Waals surface area contributed by atoms with Gasteiger partial charge in [0.05, 0.1) is 10.5 Å². The number of hydrogen-bond acceptors (Lipinski definition) is 4. The molecule has 0 radical (unpaired) electrons. The van der Waals surface area contributed by atoms with Crippen molar-refractivity contribution in [3.05, 3.63) is 65.5 Å². The van der Waals surface area contributed by atoms with Crippen molar-refractivity contribution >= 4 is 27.1 Å². The Morgan fingerprint density at radius 3 is 2.27 bits per heavy atom. The molecule has 5 nitrogen and oxygen atoms in total. The zero-order chi connectivity index (χ0) is 19.1. The summed E-state index contributed by atoms with van der Waals surface area (Å²) >= 11 is 0. The van der Waals surface area contributed by atoms with Crippen LogP contribution in [0, 0.1) is 5.82 Å². The fraction of sp³-hybridized carbons (Fsp3) is 0.211. The van der Waals surface area contributed by atoms with Crippen molar-refractivity contribution in [3.8, 4) is 0 Å². The highest BCUT2D eigenvalue weighted by molar-refractivity contribution is 7.89. The number of ether oxygens (including phenoxy) is 1. The first kappa shape index (κ1) is 18.3. The monoisotopic (exact) mass is 375 g/mol. The molecule has 0 atom stereocenters. The smallest absolute Gasteiger partial charge is 0.240 e. The van der Waals surface area contributed by atoms with Crippen molar-refractivity contribution in [2.75, 3.05) is 7.05 Å². The van der Waals surface area contributed by atoms with Gasteiger partial charge in [-0.2, -0.15) is 0 Å². The Morgan fingerprint density at radius 2 is 1.69 bits per heavy atom. The van der Waals surface area contributed by atoms with Gasteiger partial charge in [-0.25, -0.2) is 17.5 Å². The van der Waals surface area contributed by atoms with E-state index < -0.39 is 21.4 Å². The van der Waals surface area contributed by atoms with Crippen molar-refractivity contribution in [2.24, 2.45) is 0 Å². The average molecular weight is 375 g/mol. The quantitative estimate of drug-likeness (QED) is 0.892. The molecule has 2 aromatic rings. The van der Waals surface area contributed by atoms with Gasteiger partial charge in [0, 0.05) is 5.56 Å². The third kappa shape index (κ3) is 3.15. The van der Waals surface area contributed by atoms with Crippen LogP contribution in [0.3, 0.4) is 0 Å². The van der Waals surface area contributed by atoms with Crippen LogP contribution >= 0.6 is 0 Å². The van der Waals surface area contributed by atoms with Gasteiger partial charge in [-0.05, 0) is 62.9 Å². The number of hydrogen-bond donors (Lipinski definition) is 1. The second-order valence-corrected chi connectivity index (χ2v) is 8.27. The van der Waals surface area contributed by atoms with Crippen molar-refractivity contribution in [3.63, 3.8) is 0 Å². The Kier molecular flexibility index (Phi) is 4.46. The number of sulfonamides is 1. The highest BCUT2D eigenvalue weighted by atomic mass is 32.2. The minimum atomic E-state index is -3.57. The van der Waals surface area contributed by atoms with Gasteiger partial charge in [0.2, 0.25) is 15.8 Å². The van der Waals surface area contributed by atoms with Gasteiger partial charge in [0.25, 0.3) is 0 Å². The van der Waals surface area contributed by atoms with Crippen molar-refractivity contribution < 1.29 is 22.3 Å². The molecule has 1 aliphatic rings. The SMILES string of the molecule is CNS(=O)(=O)c1ccc(C2=C(c3cccc(F)c3)C(=O)C(C)(C)O2)cc1. The summed E-state index contributed by atoms with van der Waals surface area (Å²) < 4.78 is 45.5. The molecular formula is C19H18FNO4S. The molecule has 0 saturated carbocycles. The highest BCUT2D eigenvalue weighted by Gasteiger charge is 2.42. The van der Waals surface area contributed by atoms with Crippen molar-refractivity contribution in [1.82, 2.24) is 4.72 Å². The largest absolute Gasteiger partial charge is 0.478 e. The number of rotatable bonds is 4. The number of carbonyl (C=O) groups is 1. The first-order valence-electron chi connectivity index (χ1n) is 7.94. The molecule has 26 heavy (non-hydrogen) atoms. The van der Waals surface area contributed by atoms with E-state index in [1.807, 2.05) is 0 Å². The van der Waals surface area contributed by atoms with Crippen LogP contribution in [0.25, 0.3) is 11.3 Å². The Hall–Kier alpha value is -2.51. The lowest BCUT2D eigenvalue weighted by Crippen LogP contribution is -2.29. The predicted octanol–water partition coefficient (Wildman–Crippen LogP) is 2.98. The van der Waals surface area contributed by atoms with Crippen LogP contribution < -0.4 is 4.72 Å². The molecule has 0 aliphatic carbocycles. The minimum Gasteiger partial charge on any atom is -0.478 e. The zero-order valence-electron chi connectivity index (χ0n) is 14.5. The van der Waals surface area contributed by atoms with Gasteiger partial charge in [0.15, 0.2) is 5.60 Å². The lowest BCUT2D eigenvalue weighted by atomic mass is 9.92. The maximum atomic E-state index is 13.6. The minimum absolute atomic E-state index is 0.0974. The third-order valence-electron chi connectivity index (χ3n) is 4.17. The molecule has 1 N–H and O–H groups in total.